The standard InChI is InChI=1S/C15H15N3O2/c1-12(19)16-9-3-5-14-7-8-15(18-11-14)6-4-10-17-13(2)20/h7-8,11H,9-10H2,1-2H3,(H,16,19)(H,17,20). The molecule has 1 rings (SSSR count). The van der Waals surface area contributed by atoms with Crippen LogP contribution in [0.25, 0.3) is 0 Å². The number of amides is 2. The van der Waals surface area contributed by atoms with Crippen molar-refractivity contribution in [3.05, 3.63) is 29.6 Å². The first-order chi connectivity index (χ1) is 9.58. The summed E-state index contributed by atoms with van der Waals surface area (Å²) in [4.78, 5) is 25.4. The zero-order chi connectivity index (χ0) is 14.8. The molecule has 0 atom stereocenters. The molecule has 0 fully saturated rings. The fourth-order valence-corrected chi connectivity index (χ4v) is 1.16. The lowest BCUT2D eigenvalue weighted by Gasteiger charge is -1.93. The van der Waals surface area contributed by atoms with Crippen LogP contribution in [0, 0.1) is 23.7 Å². The SMILES string of the molecule is CC(=O)NCC#Cc1ccc(C#CCNC(C)=O)nc1. The maximum absolute atomic E-state index is 10.6. The van der Waals surface area contributed by atoms with Gasteiger partial charge in [-0.3, -0.25) is 9.59 Å². The van der Waals surface area contributed by atoms with Gasteiger partial charge in [0, 0.05) is 25.6 Å². The number of rotatable bonds is 2. The van der Waals surface area contributed by atoms with Gasteiger partial charge in [0.25, 0.3) is 0 Å². The number of hydrogen-bond acceptors (Lipinski definition) is 3. The summed E-state index contributed by atoms with van der Waals surface area (Å²) in [6.07, 6.45) is 1.61. The van der Waals surface area contributed by atoms with E-state index >= 15 is 0 Å². The van der Waals surface area contributed by atoms with E-state index in [1.54, 1.807) is 18.3 Å². The van der Waals surface area contributed by atoms with E-state index in [9.17, 15) is 9.59 Å². The van der Waals surface area contributed by atoms with Crippen LogP contribution in [0.1, 0.15) is 25.1 Å². The minimum atomic E-state index is -0.114. The van der Waals surface area contributed by atoms with E-state index in [0.717, 1.165) is 5.56 Å². The van der Waals surface area contributed by atoms with E-state index < -0.39 is 0 Å². The minimum absolute atomic E-state index is 0.109. The second-order valence-electron chi connectivity index (χ2n) is 3.86. The van der Waals surface area contributed by atoms with Crippen molar-refractivity contribution in [1.29, 1.82) is 0 Å². The van der Waals surface area contributed by atoms with Crippen LogP contribution in [0.5, 0.6) is 0 Å². The first-order valence-electron chi connectivity index (χ1n) is 6.00. The monoisotopic (exact) mass is 269 g/mol. The van der Waals surface area contributed by atoms with Crippen LogP contribution >= 0.6 is 0 Å². The Bertz CT molecular complexity index is 543. The Kier molecular flexibility index (Phi) is 6.36. The van der Waals surface area contributed by atoms with Gasteiger partial charge in [0.2, 0.25) is 11.8 Å². The van der Waals surface area contributed by atoms with Gasteiger partial charge in [0.15, 0.2) is 0 Å². The number of nitrogens with zero attached hydrogens (tertiary/aromatic N) is 1. The average molecular weight is 269 g/mol. The van der Waals surface area contributed by atoms with E-state index in [4.69, 9.17) is 0 Å². The van der Waals surface area contributed by atoms with Crippen molar-refractivity contribution in [1.82, 2.24) is 15.6 Å². The molecule has 0 aliphatic carbocycles. The predicted molar refractivity (Wildman–Crippen MR) is 75.4 cm³/mol. The van der Waals surface area contributed by atoms with E-state index in [0.29, 0.717) is 18.8 Å². The molecular formula is C15H15N3O2. The summed E-state index contributed by atoms with van der Waals surface area (Å²) >= 11 is 0. The zero-order valence-electron chi connectivity index (χ0n) is 11.4. The molecule has 2 amide bonds. The number of nitrogens with one attached hydrogen (secondary N) is 2. The van der Waals surface area contributed by atoms with Crippen LogP contribution in [0.15, 0.2) is 18.3 Å². The van der Waals surface area contributed by atoms with Gasteiger partial charge in [-0.15, -0.1) is 0 Å². The normalized spacial score (nSPS) is 8.50. The molecule has 5 nitrogen and oxygen atoms in total. The highest BCUT2D eigenvalue weighted by molar-refractivity contribution is 5.73. The Morgan fingerprint density at radius 1 is 1.05 bits per heavy atom. The molecule has 0 saturated carbocycles. The summed E-state index contributed by atoms with van der Waals surface area (Å²) < 4.78 is 0. The maximum Gasteiger partial charge on any atom is 0.217 e. The molecule has 0 saturated heterocycles. The van der Waals surface area contributed by atoms with Crippen LogP contribution in [0.3, 0.4) is 0 Å². The highest BCUT2D eigenvalue weighted by atomic mass is 16.1. The molecule has 1 heterocycles. The molecule has 1 aromatic heterocycles. The largest absolute Gasteiger partial charge is 0.345 e. The quantitative estimate of drug-likeness (QED) is 0.746. The van der Waals surface area contributed by atoms with Gasteiger partial charge in [-0.25, -0.2) is 4.98 Å². The van der Waals surface area contributed by atoms with E-state index in [-0.39, 0.29) is 11.8 Å². The Morgan fingerprint density at radius 3 is 2.15 bits per heavy atom. The van der Waals surface area contributed by atoms with Crippen molar-refractivity contribution < 1.29 is 9.59 Å². The molecule has 0 spiro atoms. The molecule has 20 heavy (non-hydrogen) atoms. The molecule has 0 unspecified atom stereocenters. The molecule has 102 valence electrons. The van der Waals surface area contributed by atoms with Crippen LogP contribution in [-0.2, 0) is 9.59 Å². The van der Waals surface area contributed by atoms with Crippen molar-refractivity contribution in [2.75, 3.05) is 13.1 Å². The number of carbonyl (C=O) groups excluding carboxylic acids is 2. The maximum atomic E-state index is 10.6. The second kappa shape index (κ2) is 8.34. The fourth-order valence-electron chi connectivity index (χ4n) is 1.16. The lowest BCUT2D eigenvalue weighted by atomic mass is 10.2. The second-order valence-corrected chi connectivity index (χ2v) is 3.86. The number of carbonyl (C=O) groups is 2. The lowest BCUT2D eigenvalue weighted by Crippen LogP contribution is -2.19. The molecule has 2 N–H and O–H groups in total. The van der Waals surface area contributed by atoms with E-state index in [1.807, 2.05) is 0 Å². The fraction of sp³-hybridized carbons (Fsp3) is 0.267. The molecule has 0 radical (unpaired) electrons. The van der Waals surface area contributed by atoms with Crippen molar-refractivity contribution in [2.45, 2.75) is 13.8 Å². The number of pyridine rings is 1. The summed E-state index contributed by atoms with van der Waals surface area (Å²) in [6.45, 7) is 3.49. The van der Waals surface area contributed by atoms with Crippen LogP contribution in [-0.4, -0.2) is 29.9 Å². The number of hydrogen-bond donors (Lipinski definition) is 2. The first kappa shape index (κ1) is 15.3. The van der Waals surface area contributed by atoms with Gasteiger partial charge in [0.1, 0.15) is 5.69 Å². The molecule has 5 heteroatoms. The summed E-state index contributed by atoms with van der Waals surface area (Å²) in [7, 11) is 0. The molecule has 0 aliphatic heterocycles. The van der Waals surface area contributed by atoms with Crippen LogP contribution < -0.4 is 10.6 Å². The highest BCUT2D eigenvalue weighted by Crippen LogP contribution is 1.96. The van der Waals surface area contributed by atoms with Gasteiger partial charge in [0.05, 0.1) is 13.1 Å². The average Bonchev–Trinajstić information content (AvgIpc) is 2.41. The highest BCUT2D eigenvalue weighted by Gasteiger charge is 1.90. The summed E-state index contributed by atoms with van der Waals surface area (Å²) in [6, 6.07) is 3.55. The third-order valence-corrected chi connectivity index (χ3v) is 2.06. The molecule has 1 aromatic rings. The van der Waals surface area contributed by atoms with Crippen molar-refractivity contribution >= 4 is 11.8 Å². The van der Waals surface area contributed by atoms with E-state index in [1.165, 1.54) is 13.8 Å². The summed E-state index contributed by atoms with van der Waals surface area (Å²) in [5.41, 5.74) is 1.37. The Morgan fingerprint density at radius 2 is 1.65 bits per heavy atom. The van der Waals surface area contributed by atoms with Crippen molar-refractivity contribution in [3.8, 4) is 23.7 Å². The van der Waals surface area contributed by atoms with E-state index in [2.05, 4.69) is 39.3 Å². The first-order valence-corrected chi connectivity index (χ1v) is 6.00. The van der Waals surface area contributed by atoms with Gasteiger partial charge >= 0.3 is 0 Å². The minimum Gasteiger partial charge on any atom is -0.345 e. The molecule has 0 aromatic carbocycles. The van der Waals surface area contributed by atoms with Gasteiger partial charge in [-0.1, -0.05) is 17.8 Å². The summed E-state index contributed by atoms with van der Waals surface area (Å²) in [5, 5.41) is 5.15. The number of aromatic nitrogens is 1. The third-order valence-electron chi connectivity index (χ3n) is 2.06. The molecule has 0 bridgehead atoms. The van der Waals surface area contributed by atoms with Crippen molar-refractivity contribution in [3.63, 3.8) is 0 Å². The predicted octanol–water partition coefficient (Wildman–Crippen LogP) is 0.0568. The Balaban J connectivity index is 2.51. The zero-order valence-corrected chi connectivity index (χ0v) is 11.4. The van der Waals surface area contributed by atoms with Crippen LogP contribution in [0.2, 0.25) is 0 Å². The Labute approximate surface area is 118 Å². The van der Waals surface area contributed by atoms with Gasteiger partial charge < -0.3 is 10.6 Å². The van der Waals surface area contributed by atoms with Gasteiger partial charge in [-0.2, -0.15) is 0 Å². The Hall–Kier alpha value is -2.79. The summed E-state index contributed by atoms with van der Waals surface area (Å²) in [5.74, 6) is 11.1. The van der Waals surface area contributed by atoms with Gasteiger partial charge in [-0.05, 0) is 18.1 Å². The molecular weight excluding hydrogens is 254 g/mol. The van der Waals surface area contributed by atoms with Crippen molar-refractivity contribution in [2.24, 2.45) is 0 Å². The smallest absolute Gasteiger partial charge is 0.217 e. The van der Waals surface area contributed by atoms with Crippen LogP contribution in [0.4, 0.5) is 0 Å². The topological polar surface area (TPSA) is 71.1 Å². The third kappa shape index (κ3) is 6.83. The lowest BCUT2D eigenvalue weighted by molar-refractivity contribution is -0.119. The molecule has 0 aliphatic rings.